The quantitative estimate of drug-likeness (QED) is 0.562. The largest absolute Gasteiger partial charge is 1.00 e. The van der Waals surface area contributed by atoms with Gasteiger partial charge in [-0.3, -0.25) is 0 Å². The maximum Gasteiger partial charge on any atom is 0.276 e. The van der Waals surface area contributed by atoms with Crippen molar-refractivity contribution in [1.82, 2.24) is 10.2 Å². The fraction of sp³-hybridized carbons (Fsp3) is 0.429. The van der Waals surface area contributed by atoms with E-state index in [-0.39, 0.29) is 12.4 Å². The first-order valence-corrected chi connectivity index (χ1v) is 8.04. The molecule has 0 amide bonds. The number of nitrogens with two attached hydrogens (primary N) is 1. The van der Waals surface area contributed by atoms with Crippen LogP contribution in [0.5, 0.6) is 0 Å². The molecular weight excluding hydrogens is 329 g/mol. The maximum absolute atomic E-state index is 5.94. The predicted molar refractivity (Wildman–Crippen MR) is 81.9 cm³/mol. The molecule has 0 bridgehead atoms. The number of halogens is 2. The van der Waals surface area contributed by atoms with Gasteiger partial charge in [0.05, 0.1) is 0 Å². The van der Waals surface area contributed by atoms with Crippen molar-refractivity contribution in [3.63, 3.8) is 0 Å². The summed E-state index contributed by atoms with van der Waals surface area (Å²) in [5.41, 5.74) is 6.60. The highest BCUT2D eigenvalue weighted by Crippen LogP contribution is 2.23. The number of thioether (sulfide) groups is 1. The van der Waals surface area contributed by atoms with Crippen molar-refractivity contribution < 1.29 is 16.8 Å². The molecule has 2 N–H and O–H groups in total. The summed E-state index contributed by atoms with van der Waals surface area (Å²) in [6, 6.07) is 7.78. The van der Waals surface area contributed by atoms with E-state index in [9.17, 15) is 0 Å². The number of hydrogen-bond acceptors (Lipinski definition) is 5. The summed E-state index contributed by atoms with van der Waals surface area (Å²) < 4.78 is 5.59. The van der Waals surface area contributed by atoms with Crippen LogP contribution in [0.3, 0.4) is 0 Å². The lowest BCUT2D eigenvalue weighted by Crippen LogP contribution is -3.00. The van der Waals surface area contributed by atoms with Gasteiger partial charge in [0.15, 0.2) is 0 Å². The molecule has 116 valence electrons. The Labute approximate surface area is 140 Å². The summed E-state index contributed by atoms with van der Waals surface area (Å²) in [6.45, 7) is 0.741. The van der Waals surface area contributed by atoms with Gasteiger partial charge in [0, 0.05) is 17.2 Å². The first-order chi connectivity index (χ1) is 9.78. The second-order valence-electron chi connectivity index (χ2n) is 4.48. The SMILES string of the molecule is NCCCCCc1nnc(SCc2cccc(Cl)c2)o1.[Cl-]. The van der Waals surface area contributed by atoms with Gasteiger partial charge in [0.2, 0.25) is 5.89 Å². The van der Waals surface area contributed by atoms with Crippen LogP contribution >= 0.6 is 23.4 Å². The highest BCUT2D eigenvalue weighted by Gasteiger charge is 2.07. The van der Waals surface area contributed by atoms with Gasteiger partial charge >= 0.3 is 0 Å². The first kappa shape index (κ1) is 18.3. The third kappa shape index (κ3) is 6.70. The van der Waals surface area contributed by atoms with Gasteiger partial charge in [-0.05, 0) is 37.1 Å². The average Bonchev–Trinajstić information content (AvgIpc) is 2.89. The highest BCUT2D eigenvalue weighted by atomic mass is 35.5. The van der Waals surface area contributed by atoms with E-state index in [2.05, 4.69) is 10.2 Å². The summed E-state index contributed by atoms with van der Waals surface area (Å²) in [7, 11) is 0. The van der Waals surface area contributed by atoms with Gasteiger partial charge < -0.3 is 22.6 Å². The monoisotopic (exact) mass is 346 g/mol. The van der Waals surface area contributed by atoms with Crippen LogP contribution in [-0.2, 0) is 12.2 Å². The Kier molecular flexibility index (Phi) is 8.76. The zero-order chi connectivity index (χ0) is 14.2. The van der Waals surface area contributed by atoms with Gasteiger partial charge in [0.1, 0.15) is 0 Å². The average molecular weight is 347 g/mol. The Bertz CT molecular complexity index is 536. The summed E-state index contributed by atoms with van der Waals surface area (Å²) in [4.78, 5) is 0. The molecule has 4 nitrogen and oxygen atoms in total. The summed E-state index contributed by atoms with van der Waals surface area (Å²) >= 11 is 7.47. The minimum Gasteiger partial charge on any atom is -1.00 e. The molecule has 7 heteroatoms. The molecule has 2 rings (SSSR count). The van der Waals surface area contributed by atoms with E-state index in [1.165, 1.54) is 11.8 Å². The second kappa shape index (κ2) is 10.1. The van der Waals surface area contributed by atoms with Crippen molar-refractivity contribution in [2.45, 2.75) is 36.7 Å². The van der Waals surface area contributed by atoms with Gasteiger partial charge in [-0.15, -0.1) is 10.2 Å². The fourth-order valence-corrected chi connectivity index (χ4v) is 2.70. The van der Waals surface area contributed by atoms with E-state index in [1.54, 1.807) is 0 Å². The Hall–Kier alpha value is -0.750. The van der Waals surface area contributed by atoms with E-state index in [1.807, 2.05) is 24.3 Å². The minimum absolute atomic E-state index is 0. The van der Waals surface area contributed by atoms with Crippen LogP contribution in [0.2, 0.25) is 5.02 Å². The molecule has 0 atom stereocenters. The normalized spacial score (nSPS) is 10.4. The Balaban J connectivity index is 0.00000220. The highest BCUT2D eigenvalue weighted by molar-refractivity contribution is 7.98. The molecule has 1 aromatic heterocycles. The summed E-state index contributed by atoms with van der Waals surface area (Å²) in [6.07, 6.45) is 4.01. The van der Waals surface area contributed by atoms with Crippen molar-refractivity contribution in [3.8, 4) is 0 Å². The van der Waals surface area contributed by atoms with Crippen molar-refractivity contribution >= 4 is 23.4 Å². The zero-order valence-corrected chi connectivity index (χ0v) is 13.9. The van der Waals surface area contributed by atoms with E-state index >= 15 is 0 Å². The van der Waals surface area contributed by atoms with Crippen LogP contribution in [0, 0.1) is 0 Å². The number of aryl methyl sites for hydroxylation is 1. The maximum atomic E-state index is 5.94. The zero-order valence-electron chi connectivity index (χ0n) is 11.6. The van der Waals surface area contributed by atoms with Crippen molar-refractivity contribution in [2.75, 3.05) is 6.54 Å². The molecular formula is C14H18Cl2N3OS-. The number of benzene rings is 1. The number of rotatable bonds is 8. The van der Waals surface area contributed by atoms with Gasteiger partial charge in [0.25, 0.3) is 5.22 Å². The third-order valence-electron chi connectivity index (χ3n) is 2.79. The summed E-state index contributed by atoms with van der Waals surface area (Å²) in [5.74, 6) is 1.48. The van der Waals surface area contributed by atoms with Crippen LogP contribution in [0.15, 0.2) is 33.9 Å². The number of unbranched alkanes of at least 4 members (excludes halogenated alkanes) is 2. The van der Waals surface area contributed by atoms with Crippen molar-refractivity contribution in [2.24, 2.45) is 5.73 Å². The lowest BCUT2D eigenvalue weighted by molar-refractivity contribution is -0.00000483. The topological polar surface area (TPSA) is 64.9 Å². The second-order valence-corrected chi connectivity index (χ2v) is 5.84. The number of aromatic nitrogens is 2. The molecule has 0 fully saturated rings. The molecule has 0 saturated carbocycles. The molecule has 0 unspecified atom stereocenters. The lowest BCUT2D eigenvalue weighted by Gasteiger charge is -1.98. The lowest BCUT2D eigenvalue weighted by atomic mass is 10.2. The van der Waals surface area contributed by atoms with E-state index in [0.717, 1.165) is 48.6 Å². The first-order valence-electron chi connectivity index (χ1n) is 6.67. The van der Waals surface area contributed by atoms with Gasteiger partial charge in [-0.25, -0.2) is 0 Å². The number of nitrogens with zero attached hydrogens (tertiary/aromatic N) is 2. The third-order valence-corrected chi connectivity index (χ3v) is 3.92. The van der Waals surface area contributed by atoms with Crippen molar-refractivity contribution in [1.29, 1.82) is 0 Å². The van der Waals surface area contributed by atoms with E-state index in [4.69, 9.17) is 21.8 Å². The van der Waals surface area contributed by atoms with E-state index < -0.39 is 0 Å². The van der Waals surface area contributed by atoms with Crippen LogP contribution < -0.4 is 18.1 Å². The van der Waals surface area contributed by atoms with Gasteiger partial charge in [-0.1, -0.05) is 41.9 Å². The molecule has 0 aliphatic rings. The Morgan fingerprint density at radius 3 is 2.81 bits per heavy atom. The molecule has 1 heterocycles. The molecule has 0 aliphatic heterocycles. The Morgan fingerprint density at radius 1 is 1.19 bits per heavy atom. The minimum atomic E-state index is 0. The molecule has 2 aromatic rings. The van der Waals surface area contributed by atoms with Crippen LogP contribution in [-0.4, -0.2) is 16.7 Å². The van der Waals surface area contributed by atoms with Crippen LogP contribution in [0.1, 0.15) is 30.7 Å². The van der Waals surface area contributed by atoms with Crippen molar-refractivity contribution in [3.05, 3.63) is 40.7 Å². The van der Waals surface area contributed by atoms with Gasteiger partial charge in [-0.2, -0.15) is 0 Å². The number of hydrogen-bond donors (Lipinski definition) is 1. The predicted octanol–water partition coefficient (Wildman–Crippen LogP) is 0.691. The smallest absolute Gasteiger partial charge is 0.276 e. The molecule has 0 radical (unpaired) electrons. The molecule has 1 aromatic carbocycles. The van der Waals surface area contributed by atoms with E-state index in [0.29, 0.717) is 11.1 Å². The Morgan fingerprint density at radius 2 is 2.05 bits per heavy atom. The van der Waals surface area contributed by atoms with Crippen LogP contribution in [0.25, 0.3) is 0 Å². The molecule has 21 heavy (non-hydrogen) atoms. The van der Waals surface area contributed by atoms with Crippen LogP contribution in [0.4, 0.5) is 0 Å². The standard InChI is InChI=1S/C14H18ClN3OS.ClH/c15-12-6-4-5-11(9-12)10-20-14-18-17-13(19-14)7-2-1-3-8-16;/h4-6,9H,1-3,7-8,10,16H2;1H/p-1. The molecule has 0 saturated heterocycles. The molecule has 0 aliphatic carbocycles. The molecule has 0 spiro atoms. The fourth-order valence-electron chi connectivity index (χ4n) is 1.77. The summed E-state index contributed by atoms with van der Waals surface area (Å²) in [5, 5.41) is 9.44.